The lowest BCUT2D eigenvalue weighted by Crippen LogP contribution is -2.40. The Morgan fingerprint density at radius 1 is 1.19 bits per heavy atom. The van der Waals surface area contributed by atoms with E-state index in [0.29, 0.717) is 12.0 Å². The molecule has 2 rings (SSSR count). The molecule has 94 valence electrons. The lowest BCUT2D eigenvalue weighted by Gasteiger charge is -2.42. The summed E-state index contributed by atoms with van der Waals surface area (Å²) in [5.41, 5.74) is 0. The minimum absolute atomic E-state index is 0.0587. The van der Waals surface area contributed by atoms with Gasteiger partial charge in [0.1, 0.15) is 0 Å². The smallest absolute Gasteiger partial charge is 0.0606 e. The summed E-state index contributed by atoms with van der Waals surface area (Å²) < 4.78 is 6.03. The zero-order valence-electron chi connectivity index (χ0n) is 10.5. The maximum Gasteiger partial charge on any atom is 0.0606 e. The zero-order chi connectivity index (χ0) is 11.4. The first-order valence-corrected chi connectivity index (χ1v) is 7.11. The molecular weight excluding hydrogens is 200 g/mol. The van der Waals surface area contributed by atoms with Gasteiger partial charge in [-0.3, -0.25) is 0 Å². The van der Waals surface area contributed by atoms with Crippen LogP contribution in [0, 0.1) is 11.8 Å². The Balaban J connectivity index is 1.85. The van der Waals surface area contributed by atoms with E-state index in [1.165, 1.54) is 38.5 Å². The van der Waals surface area contributed by atoms with Gasteiger partial charge in [-0.15, -0.1) is 0 Å². The average Bonchev–Trinajstić information content (AvgIpc) is 2.30. The fourth-order valence-electron chi connectivity index (χ4n) is 3.44. The minimum atomic E-state index is -0.0587. The lowest BCUT2D eigenvalue weighted by molar-refractivity contribution is -0.0699. The number of unbranched alkanes of at least 4 members (excludes halogenated alkanes) is 1. The number of fused-ring (bicyclic) bond motifs is 1. The molecule has 4 unspecified atom stereocenters. The number of hydrogen-bond donors (Lipinski definition) is 1. The van der Waals surface area contributed by atoms with Gasteiger partial charge in [0.2, 0.25) is 0 Å². The molecule has 0 spiro atoms. The monoisotopic (exact) mass is 226 g/mol. The summed E-state index contributed by atoms with van der Waals surface area (Å²) in [5, 5.41) is 9.78. The molecule has 2 aliphatic carbocycles. The van der Waals surface area contributed by atoms with E-state index >= 15 is 0 Å². The lowest BCUT2D eigenvalue weighted by atomic mass is 9.68. The quantitative estimate of drug-likeness (QED) is 0.746. The van der Waals surface area contributed by atoms with Gasteiger partial charge in [-0.1, -0.05) is 19.8 Å². The highest BCUT2D eigenvalue weighted by Crippen LogP contribution is 2.41. The Bertz CT molecular complexity index is 205. The second kappa shape index (κ2) is 6.02. The summed E-state index contributed by atoms with van der Waals surface area (Å²) in [6.45, 7) is 3.12. The molecule has 2 heteroatoms. The van der Waals surface area contributed by atoms with Gasteiger partial charge >= 0.3 is 0 Å². The van der Waals surface area contributed by atoms with E-state index in [-0.39, 0.29) is 6.10 Å². The molecule has 0 radical (unpaired) electrons. The Kier molecular flexibility index (Phi) is 4.66. The molecule has 0 aliphatic heterocycles. The SMILES string of the molecule is CCCCOC1CCCC2CCC(O)CC21. The second-order valence-electron chi connectivity index (χ2n) is 5.58. The Morgan fingerprint density at radius 2 is 2.06 bits per heavy atom. The molecule has 0 aromatic carbocycles. The molecule has 2 fully saturated rings. The number of aliphatic hydroxyl groups excluding tert-OH is 1. The highest BCUT2D eigenvalue weighted by molar-refractivity contribution is 4.88. The summed E-state index contributed by atoms with van der Waals surface area (Å²) >= 11 is 0. The van der Waals surface area contributed by atoms with Crippen molar-refractivity contribution in [3.63, 3.8) is 0 Å². The van der Waals surface area contributed by atoms with Gasteiger partial charge in [-0.05, 0) is 50.4 Å². The molecule has 0 saturated heterocycles. The molecule has 2 aliphatic rings. The largest absolute Gasteiger partial charge is 0.393 e. The summed E-state index contributed by atoms with van der Waals surface area (Å²) in [4.78, 5) is 0. The predicted molar refractivity (Wildman–Crippen MR) is 65.3 cm³/mol. The van der Waals surface area contributed by atoms with Crippen LogP contribution in [0.1, 0.15) is 58.3 Å². The molecule has 0 aromatic heterocycles. The van der Waals surface area contributed by atoms with Crippen molar-refractivity contribution in [3.05, 3.63) is 0 Å². The van der Waals surface area contributed by atoms with Crippen LogP contribution in [0.4, 0.5) is 0 Å². The van der Waals surface area contributed by atoms with Crippen molar-refractivity contribution in [2.24, 2.45) is 11.8 Å². The maximum absolute atomic E-state index is 9.78. The van der Waals surface area contributed by atoms with E-state index < -0.39 is 0 Å². The summed E-state index contributed by atoms with van der Waals surface area (Å²) in [5.74, 6) is 1.48. The van der Waals surface area contributed by atoms with Crippen LogP contribution in [0.5, 0.6) is 0 Å². The Hall–Kier alpha value is -0.0800. The molecule has 0 aromatic rings. The van der Waals surface area contributed by atoms with Crippen molar-refractivity contribution in [1.82, 2.24) is 0 Å². The van der Waals surface area contributed by atoms with E-state index in [0.717, 1.165) is 25.4 Å². The van der Waals surface area contributed by atoms with Crippen molar-refractivity contribution in [3.8, 4) is 0 Å². The highest BCUT2D eigenvalue weighted by atomic mass is 16.5. The van der Waals surface area contributed by atoms with E-state index in [4.69, 9.17) is 4.74 Å². The first kappa shape index (κ1) is 12.4. The Labute approximate surface area is 99.4 Å². The molecule has 2 nitrogen and oxygen atoms in total. The predicted octanol–water partition coefficient (Wildman–Crippen LogP) is 3.13. The van der Waals surface area contributed by atoms with Crippen LogP contribution in [0.3, 0.4) is 0 Å². The summed E-state index contributed by atoms with van der Waals surface area (Å²) in [7, 11) is 0. The average molecular weight is 226 g/mol. The van der Waals surface area contributed by atoms with Crippen molar-refractivity contribution < 1.29 is 9.84 Å². The van der Waals surface area contributed by atoms with Crippen LogP contribution in [0.2, 0.25) is 0 Å². The van der Waals surface area contributed by atoms with E-state index in [1.807, 2.05) is 0 Å². The van der Waals surface area contributed by atoms with Gasteiger partial charge in [-0.25, -0.2) is 0 Å². The van der Waals surface area contributed by atoms with Gasteiger partial charge < -0.3 is 9.84 Å². The molecule has 4 atom stereocenters. The van der Waals surface area contributed by atoms with E-state index in [1.54, 1.807) is 0 Å². The first-order valence-electron chi connectivity index (χ1n) is 7.11. The Morgan fingerprint density at radius 3 is 2.88 bits per heavy atom. The number of hydrogen-bond acceptors (Lipinski definition) is 2. The van der Waals surface area contributed by atoms with Crippen molar-refractivity contribution in [2.45, 2.75) is 70.5 Å². The topological polar surface area (TPSA) is 29.5 Å². The minimum Gasteiger partial charge on any atom is -0.393 e. The van der Waals surface area contributed by atoms with Crippen molar-refractivity contribution >= 4 is 0 Å². The van der Waals surface area contributed by atoms with Crippen LogP contribution >= 0.6 is 0 Å². The van der Waals surface area contributed by atoms with Gasteiger partial charge in [0.05, 0.1) is 12.2 Å². The third-order valence-electron chi connectivity index (χ3n) is 4.39. The normalized spacial score (nSPS) is 39.4. The second-order valence-corrected chi connectivity index (χ2v) is 5.58. The van der Waals surface area contributed by atoms with Gasteiger partial charge in [-0.2, -0.15) is 0 Å². The maximum atomic E-state index is 9.78. The molecule has 16 heavy (non-hydrogen) atoms. The molecule has 2 saturated carbocycles. The van der Waals surface area contributed by atoms with Crippen LogP contribution < -0.4 is 0 Å². The van der Waals surface area contributed by atoms with Gasteiger partial charge in [0.25, 0.3) is 0 Å². The zero-order valence-corrected chi connectivity index (χ0v) is 10.5. The number of aliphatic hydroxyl groups is 1. The first-order chi connectivity index (χ1) is 7.81. The number of rotatable bonds is 4. The molecular formula is C14H26O2. The third-order valence-corrected chi connectivity index (χ3v) is 4.39. The molecule has 0 bridgehead atoms. The summed E-state index contributed by atoms with van der Waals surface area (Å²) in [6, 6.07) is 0. The molecule has 0 amide bonds. The highest BCUT2D eigenvalue weighted by Gasteiger charge is 2.37. The van der Waals surface area contributed by atoms with Crippen LogP contribution in [0.25, 0.3) is 0 Å². The summed E-state index contributed by atoms with van der Waals surface area (Å²) in [6.07, 6.45) is 9.91. The van der Waals surface area contributed by atoms with Crippen LogP contribution in [-0.2, 0) is 4.74 Å². The van der Waals surface area contributed by atoms with E-state index in [9.17, 15) is 5.11 Å². The van der Waals surface area contributed by atoms with Crippen LogP contribution in [0.15, 0.2) is 0 Å². The third kappa shape index (κ3) is 2.98. The fourth-order valence-corrected chi connectivity index (χ4v) is 3.44. The number of ether oxygens (including phenoxy) is 1. The molecule has 1 N–H and O–H groups in total. The molecule has 0 heterocycles. The van der Waals surface area contributed by atoms with Crippen LogP contribution in [-0.4, -0.2) is 23.9 Å². The standard InChI is InChI=1S/C14H26O2/c1-2-3-9-16-14-6-4-5-11-7-8-12(15)10-13(11)14/h11-15H,2-10H2,1H3. The van der Waals surface area contributed by atoms with Gasteiger partial charge in [0.15, 0.2) is 0 Å². The van der Waals surface area contributed by atoms with E-state index in [2.05, 4.69) is 6.92 Å². The van der Waals surface area contributed by atoms with Crippen molar-refractivity contribution in [2.75, 3.05) is 6.61 Å². The van der Waals surface area contributed by atoms with Gasteiger partial charge in [0, 0.05) is 6.61 Å². The fraction of sp³-hybridized carbons (Fsp3) is 1.00. The van der Waals surface area contributed by atoms with Crippen molar-refractivity contribution in [1.29, 1.82) is 0 Å².